The molecule has 0 unspecified atom stereocenters. The first-order valence-corrected chi connectivity index (χ1v) is 6.95. The molecule has 1 aromatic carbocycles. The van der Waals surface area contributed by atoms with Crippen molar-refractivity contribution in [1.82, 2.24) is 0 Å². The summed E-state index contributed by atoms with van der Waals surface area (Å²) in [5, 5.41) is 9.10. The van der Waals surface area contributed by atoms with E-state index in [1.165, 1.54) is 17.5 Å². The van der Waals surface area contributed by atoms with Gasteiger partial charge in [0.1, 0.15) is 6.04 Å². The van der Waals surface area contributed by atoms with E-state index < -0.39 is 12.0 Å². The van der Waals surface area contributed by atoms with Gasteiger partial charge in [-0.1, -0.05) is 39.0 Å². The van der Waals surface area contributed by atoms with Crippen LogP contribution in [0.25, 0.3) is 0 Å². The van der Waals surface area contributed by atoms with Crippen molar-refractivity contribution in [3.63, 3.8) is 0 Å². The number of hydrogen-bond acceptors (Lipinski definition) is 2. The minimum absolute atomic E-state index is 0.152. The predicted octanol–water partition coefficient (Wildman–Crippen LogP) is 2.82. The van der Waals surface area contributed by atoms with Crippen molar-refractivity contribution in [2.75, 3.05) is 0 Å². The molecule has 3 nitrogen and oxygen atoms in total. The topological polar surface area (TPSA) is 63.3 Å². The third kappa shape index (κ3) is 2.52. The number of hydrogen-bond donors (Lipinski definition) is 2. The van der Waals surface area contributed by atoms with Crippen molar-refractivity contribution >= 4 is 5.97 Å². The van der Waals surface area contributed by atoms with E-state index in [0.29, 0.717) is 0 Å². The second-order valence-corrected chi connectivity index (χ2v) is 6.26. The molecule has 3 heteroatoms. The van der Waals surface area contributed by atoms with Crippen molar-refractivity contribution in [1.29, 1.82) is 0 Å². The normalized spacial score (nSPS) is 20.4. The van der Waals surface area contributed by atoms with Gasteiger partial charge in [-0.25, -0.2) is 0 Å². The van der Waals surface area contributed by atoms with Crippen LogP contribution in [0.2, 0.25) is 0 Å². The Balaban J connectivity index is 2.46. The van der Waals surface area contributed by atoms with Gasteiger partial charge in [-0.3, -0.25) is 4.79 Å². The Hall–Kier alpha value is -1.35. The molecule has 0 saturated carbocycles. The summed E-state index contributed by atoms with van der Waals surface area (Å²) in [4.78, 5) is 11.1. The van der Waals surface area contributed by atoms with Crippen LogP contribution in [-0.2, 0) is 16.6 Å². The molecular weight excluding hydrogens is 238 g/mol. The maximum Gasteiger partial charge on any atom is 0.321 e. The maximum atomic E-state index is 11.1. The van der Waals surface area contributed by atoms with E-state index in [0.717, 1.165) is 18.4 Å². The number of fused-ring (bicyclic) bond motifs is 1. The first-order valence-electron chi connectivity index (χ1n) is 6.95. The minimum Gasteiger partial charge on any atom is -0.480 e. The van der Waals surface area contributed by atoms with E-state index in [1.54, 1.807) is 0 Å². The highest BCUT2D eigenvalue weighted by atomic mass is 16.4. The number of aliphatic carboxylic acids is 1. The first-order chi connectivity index (χ1) is 8.84. The van der Waals surface area contributed by atoms with Crippen LogP contribution < -0.4 is 5.73 Å². The number of nitrogens with two attached hydrogens (primary N) is 1. The van der Waals surface area contributed by atoms with Gasteiger partial charge >= 0.3 is 5.97 Å². The van der Waals surface area contributed by atoms with E-state index in [1.807, 2.05) is 19.1 Å². The highest BCUT2D eigenvalue weighted by Crippen LogP contribution is 2.40. The molecule has 2 atom stereocenters. The number of rotatable bonds is 3. The summed E-state index contributed by atoms with van der Waals surface area (Å²) in [5.74, 6) is -1.08. The Bertz CT molecular complexity index is 494. The number of carbonyl (C=O) groups is 1. The Labute approximate surface area is 114 Å². The Kier molecular flexibility index (Phi) is 3.68. The lowest BCUT2D eigenvalue weighted by atomic mass is 9.70. The average Bonchev–Trinajstić information content (AvgIpc) is 2.36. The van der Waals surface area contributed by atoms with Crippen LogP contribution in [0.15, 0.2) is 18.2 Å². The molecule has 1 aromatic rings. The third-order valence-corrected chi connectivity index (χ3v) is 4.48. The molecule has 0 aliphatic heterocycles. The van der Waals surface area contributed by atoms with E-state index in [2.05, 4.69) is 19.9 Å². The Morgan fingerprint density at radius 1 is 1.42 bits per heavy atom. The summed E-state index contributed by atoms with van der Waals surface area (Å²) in [7, 11) is 0. The molecular formula is C16H23NO2. The van der Waals surface area contributed by atoms with Crippen molar-refractivity contribution in [2.45, 2.75) is 57.4 Å². The molecule has 0 heterocycles. The van der Waals surface area contributed by atoms with Crippen molar-refractivity contribution in [3.05, 3.63) is 34.9 Å². The molecule has 0 spiro atoms. The van der Waals surface area contributed by atoms with Crippen LogP contribution >= 0.6 is 0 Å². The maximum absolute atomic E-state index is 11.1. The lowest BCUT2D eigenvalue weighted by Crippen LogP contribution is -2.36. The number of benzene rings is 1. The van der Waals surface area contributed by atoms with Crippen LogP contribution in [0.5, 0.6) is 0 Å². The molecule has 1 aliphatic rings. The van der Waals surface area contributed by atoms with E-state index in [9.17, 15) is 4.79 Å². The molecule has 19 heavy (non-hydrogen) atoms. The van der Waals surface area contributed by atoms with Gasteiger partial charge in [0.2, 0.25) is 0 Å². The molecule has 3 N–H and O–H groups in total. The molecule has 2 rings (SSSR count). The van der Waals surface area contributed by atoms with Gasteiger partial charge in [-0.05, 0) is 41.4 Å². The zero-order valence-corrected chi connectivity index (χ0v) is 11.9. The van der Waals surface area contributed by atoms with Crippen LogP contribution in [0.3, 0.4) is 0 Å². The van der Waals surface area contributed by atoms with Gasteiger partial charge in [0.25, 0.3) is 0 Å². The summed E-state index contributed by atoms with van der Waals surface area (Å²) in [6, 6.07) is 5.41. The molecule has 0 aromatic heterocycles. The highest BCUT2D eigenvalue weighted by Gasteiger charge is 2.31. The fraction of sp³-hybridized carbons (Fsp3) is 0.562. The fourth-order valence-corrected chi connectivity index (χ4v) is 3.19. The van der Waals surface area contributed by atoms with Gasteiger partial charge in [0, 0.05) is 5.92 Å². The van der Waals surface area contributed by atoms with Crippen LogP contribution in [-0.4, -0.2) is 17.1 Å². The summed E-state index contributed by atoms with van der Waals surface area (Å²) in [6.45, 7) is 6.43. The third-order valence-electron chi connectivity index (χ3n) is 4.48. The molecule has 1 aliphatic carbocycles. The highest BCUT2D eigenvalue weighted by molar-refractivity contribution is 5.74. The molecule has 0 amide bonds. The van der Waals surface area contributed by atoms with E-state index in [-0.39, 0.29) is 11.3 Å². The minimum atomic E-state index is -0.930. The second kappa shape index (κ2) is 4.97. The smallest absolute Gasteiger partial charge is 0.321 e. The van der Waals surface area contributed by atoms with Gasteiger partial charge < -0.3 is 10.8 Å². The summed E-state index contributed by atoms with van der Waals surface area (Å²) in [5.41, 5.74) is 9.77. The number of carboxylic acid groups (broad SMARTS) is 1. The Morgan fingerprint density at radius 3 is 2.74 bits per heavy atom. The summed E-state index contributed by atoms with van der Waals surface area (Å²) < 4.78 is 0. The second-order valence-electron chi connectivity index (χ2n) is 6.26. The van der Waals surface area contributed by atoms with Crippen LogP contribution in [0, 0.1) is 0 Å². The number of carboxylic acids is 1. The van der Waals surface area contributed by atoms with Crippen molar-refractivity contribution < 1.29 is 9.90 Å². The van der Waals surface area contributed by atoms with Crippen LogP contribution in [0.4, 0.5) is 0 Å². The fourth-order valence-electron chi connectivity index (χ4n) is 3.19. The van der Waals surface area contributed by atoms with Gasteiger partial charge in [0.15, 0.2) is 0 Å². The molecule has 0 radical (unpaired) electrons. The molecule has 0 saturated heterocycles. The SMILES string of the molecule is C[C@H](c1cccc2c1CCCC2(C)C)[C@H](N)C(=O)O. The predicted molar refractivity (Wildman–Crippen MR) is 76.4 cm³/mol. The quantitative estimate of drug-likeness (QED) is 0.879. The average molecular weight is 261 g/mol. The largest absolute Gasteiger partial charge is 0.480 e. The standard InChI is InChI=1S/C16H23NO2/c1-10(14(17)15(18)19)11-6-4-8-13-12(11)7-5-9-16(13,2)3/h4,6,8,10,14H,5,7,9,17H2,1-3H3,(H,18,19)/t10-,14+/m1/s1. The van der Waals surface area contributed by atoms with Crippen molar-refractivity contribution in [2.24, 2.45) is 5.73 Å². The zero-order valence-electron chi connectivity index (χ0n) is 11.9. The molecule has 104 valence electrons. The van der Waals surface area contributed by atoms with E-state index >= 15 is 0 Å². The van der Waals surface area contributed by atoms with Gasteiger partial charge in [0.05, 0.1) is 0 Å². The monoisotopic (exact) mass is 261 g/mol. The summed E-state index contributed by atoms with van der Waals surface area (Å²) in [6.07, 6.45) is 3.38. The lowest BCUT2D eigenvalue weighted by Gasteiger charge is -2.35. The first kappa shape index (κ1) is 14.1. The molecule has 0 bridgehead atoms. The van der Waals surface area contributed by atoms with Crippen LogP contribution in [0.1, 0.15) is 56.2 Å². The zero-order chi connectivity index (χ0) is 14.2. The lowest BCUT2D eigenvalue weighted by molar-refractivity contribution is -0.139. The van der Waals surface area contributed by atoms with Crippen molar-refractivity contribution in [3.8, 4) is 0 Å². The molecule has 0 fully saturated rings. The van der Waals surface area contributed by atoms with E-state index in [4.69, 9.17) is 10.8 Å². The van der Waals surface area contributed by atoms with Gasteiger partial charge in [-0.15, -0.1) is 0 Å². The van der Waals surface area contributed by atoms with Gasteiger partial charge in [-0.2, -0.15) is 0 Å². The Morgan fingerprint density at radius 2 is 2.11 bits per heavy atom. The summed E-state index contributed by atoms with van der Waals surface area (Å²) >= 11 is 0.